The normalized spacial score (nSPS) is 13.7. The zero-order valence-corrected chi connectivity index (χ0v) is 10.1. The number of rotatable bonds is 1. The molecule has 18 heavy (non-hydrogen) atoms. The first kappa shape index (κ1) is 10.8. The molecule has 2 aromatic rings. The highest BCUT2D eigenvalue weighted by Crippen LogP contribution is 2.25. The van der Waals surface area contributed by atoms with Gasteiger partial charge in [-0.15, -0.1) is 0 Å². The molecule has 5 nitrogen and oxygen atoms in total. The minimum atomic E-state index is -0.118. The van der Waals surface area contributed by atoms with Crippen LogP contribution in [0.5, 0.6) is 0 Å². The van der Waals surface area contributed by atoms with E-state index in [4.69, 9.17) is 5.73 Å². The SMILES string of the molecule is Cc1[nH]nc(C(=O)N2Cc3ccccc3C2)c1N. The highest BCUT2D eigenvalue weighted by molar-refractivity contribution is 5.97. The van der Waals surface area contributed by atoms with Crippen molar-refractivity contribution >= 4 is 11.6 Å². The number of fused-ring (bicyclic) bond motifs is 1. The van der Waals surface area contributed by atoms with Crippen LogP contribution in [0.2, 0.25) is 0 Å². The molecule has 1 aromatic heterocycles. The average molecular weight is 242 g/mol. The highest BCUT2D eigenvalue weighted by Gasteiger charge is 2.27. The van der Waals surface area contributed by atoms with E-state index in [-0.39, 0.29) is 5.91 Å². The van der Waals surface area contributed by atoms with E-state index in [0.29, 0.717) is 24.5 Å². The molecule has 0 saturated carbocycles. The van der Waals surface area contributed by atoms with E-state index in [1.165, 1.54) is 11.1 Å². The number of nitrogens with zero attached hydrogens (tertiary/aromatic N) is 2. The lowest BCUT2D eigenvalue weighted by molar-refractivity contribution is 0.0746. The van der Waals surface area contributed by atoms with Crippen LogP contribution >= 0.6 is 0 Å². The Kier molecular flexibility index (Phi) is 2.33. The summed E-state index contributed by atoms with van der Waals surface area (Å²) >= 11 is 0. The van der Waals surface area contributed by atoms with Gasteiger partial charge in [-0.25, -0.2) is 0 Å². The number of carbonyl (C=O) groups is 1. The second-order valence-corrected chi connectivity index (χ2v) is 4.54. The fourth-order valence-corrected chi connectivity index (χ4v) is 2.23. The van der Waals surface area contributed by atoms with Crippen LogP contribution in [0.4, 0.5) is 5.69 Å². The fourth-order valence-electron chi connectivity index (χ4n) is 2.23. The number of anilines is 1. The Balaban J connectivity index is 1.87. The van der Waals surface area contributed by atoms with E-state index in [1.54, 1.807) is 11.8 Å². The van der Waals surface area contributed by atoms with Crippen LogP contribution in [-0.4, -0.2) is 21.0 Å². The maximum atomic E-state index is 12.3. The molecule has 0 aliphatic carbocycles. The van der Waals surface area contributed by atoms with Crippen molar-refractivity contribution in [2.24, 2.45) is 0 Å². The lowest BCUT2D eigenvalue weighted by atomic mass is 10.1. The molecule has 0 atom stereocenters. The van der Waals surface area contributed by atoms with Gasteiger partial charge in [-0.2, -0.15) is 5.10 Å². The molecule has 1 aromatic carbocycles. The maximum Gasteiger partial charge on any atom is 0.277 e. The smallest absolute Gasteiger partial charge is 0.277 e. The number of hydrogen-bond donors (Lipinski definition) is 2. The Morgan fingerprint density at radius 3 is 2.44 bits per heavy atom. The van der Waals surface area contributed by atoms with Crippen LogP contribution in [0.3, 0.4) is 0 Å². The largest absolute Gasteiger partial charge is 0.395 e. The summed E-state index contributed by atoms with van der Waals surface area (Å²) in [5.74, 6) is -0.118. The number of hydrogen-bond acceptors (Lipinski definition) is 3. The molecule has 0 spiro atoms. The monoisotopic (exact) mass is 242 g/mol. The summed E-state index contributed by atoms with van der Waals surface area (Å²) in [4.78, 5) is 14.1. The maximum absolute atomic E-state index is 12.3. The quantitative estimate of drug-likeness (QED) is 0.794. The van der Waals surface area contributed by atoms with Gasteiger partial charge in [0, 0.05) is 13.1 Å². The second-order valence-electron chi connectivity index (χ2n) is 4.54. The number of nitrogen functional groups attached to an aromatic ring is 1. The summed E-state index contributed by atoms with van der Waals surface area (Å²) in [6.45, 7) is 3.05. The molecular weight excluding hydrogens is 228 g/mol. The summed E-state index contributed by atoms with van der Waals surface area (Å²) in [5.41, 5.74) is 9.71. The molecule has 0 saturated heterocycles. The van der Waals surface area contributed by atoms with Gasteiger partial charge in [-0.05, 0) is 18.1 Å². The van der Waals surface area contributed by atoms with Crippen molar-refractivity contribution in [3.05, 3.63) is 46.8 Å². The predicted octanol–water partition coefficient (Wildman–Crippen LogP) is 1.46. The van der Waals surface area contributed by atoms with Crippen molar-refractivity contribution < 1.29 is 4.79 Å². The zero-order valence-electron chi connectivity index (χ0n) is 10.1. The van der Waals surface area contributed by atoms with Gasteiger partial charge in [0.25, 0.3) is 5.91 Å². The Bertz CT molecular complexity index is 592. The van der Waals surface area contributed by atoms with Gasteiger partial charge in [0.15, 0.2) is 5.69 Å². The number of nitrogens with two attached hydrogens (primary N) is 1. The van der Waals surface area contributed by atoms with Crippen molar-refractivity contribution in [1.29, 1.82) is 0 Å². The summed E-state index contributed by atoms with van der Waals surface area (Å²) in [5, 5.41) is 6.72. The molecule has 3 rings (SSSR count). The highest BCUT2D eigenvalue weighted by atomic mass is 16.2. The third-order valence-electron chi connectivity index (χ3n) is 3.33. The Morgan fingerprint density at radius 2 is 1.94 bits per heavy atom. The molecule has 0 bridgehead atoms. The van der Waals surface area contributed by atoms with E-state index in [1.807, 2.05) is 24.3 Å². The predicted molar refractivity (Wildman–Crippen MR) is 67.8 cm³/mol. The summed E-state index contributed by atoms with van der Waals surface area (Å²) in [6.07, 6.45) is 0. The molecule has 0 fully saturated rings. The van der Waals surface area contributed by atoms with Gasteiger partial charge in [0.2, 0.25) is 0 Å². The van der Waals surface area contributed by atoms with E-state index >= 15 is 0 Å². The van der Waals surface area contributed by atoms with Gasteiger partial charge in [-0.3, -0.25) is 9.89 Å². The van der Waals surface area contributed by atoms with Crippen molar-refractivity contribution in [1.82, 2.24) is 15.1 Å². The summed E-state index contributed by atoms with van der Waals surface area (Å²) in [7, 11) is 0. The summed E-state index contributed by atoms with van der Waals surface area (Å²) in [6, 6.07) is 8.06. The number of nitrogens with one attached hydrogen (secondary N) is 1. The first-order valence-corrected chi connectivity index (χ1v) is 5.83. The lowest BCUT2D eigenvalue weighted by Crippen LogP contribution is -2.26. The van der Waals surface area contributed by atoms with E-state index in [9.17, 15) is 4.79 Å². The molecule has 1 amide bonds. The molecule has 92 valence electrons. The fraction of sp³-hybridized carbons (Fsp3) is 0.231. The number of aryl methyl sites for hydroxylation is 1. The van der Waals surface area contributed by atoms with Gasteiger partial charge in [0.05, 0.1) is 11.4 Å². The first-order valence-electron chi connectivity index (χ1n) is 5.83. The van der Waals surface area contributed by atoms with Crippen LogP contribution in [0.15, 0.2) is 24.3 Å². The second kappa shape index (κ2) is 3.87. The van der Waals surface area contributed by atoms with Gasteiger partial charge >= 0.3 is 0 Å². The third kappa shape index (κ3) is 1.55. The third-order valence-corrected chi connectivity index (χ3v) is 3.33. The number of amides is 1. The van der Waals surface area contributed by atoms with Crippen molar-refractivity contribution in [2.75, 3.05) is 5.73 Å². The average Bonchev–Trinajstić information content (AvgIpc) is 2.94. The zero-order chi connectivity index (χ0) is 12.7. The van der Waals surface area contributed by atoms with Gasteiger partial charge in [0.1, 0.15) is 0 Å². The topological polar surface area (TPSA) is 75.0 Å². The molecule has 1 aliphatic heterocycles. The Morgan fingerprint density at radius 1 is 1.33 bits per heavy atom. The molecule has 0 unspecified atom stereocenters. The minimum absolute atomic E-state index is 0.118. The minimum Gasteiger partial charge on any atom is -0.395 e. The standard InChI is InChI=1S/C13H14N4O/c1-8-11(14)12(16-15-8)13(18)17-6-9-4-2-3-5-10(9)7-17/h2-5H,6-7,14H2,1H3,(H,15,16). The number of aromatic amines is 1. The molecular formula is C13H14N4O. The molecule has 0 radical (unpaired) electrons. The van der Waals surface area contributed by atoms with Crippen molar-refractivity contribution in [3.63, 3.8) is 0 Å². The van der Waals surface area contributed by atoms with Crippen LogP contribution in [0.25, 0.3) is 0 Å². The number of aromatic nitrogens is 2. The van der Waals surface area contributed by atoms with Gasteiger partial charge < -0.3 is 10.6 Å². The van der Waals surface area contributed by atoms with Crippen molar-refractivity contribution in [2.45, 2.75) is 20.0 Å². The molecule has 3 N–H and O–H groups in total. The van der Waals surface area contributed by atoms with E-state index in [0.717, 1.165) is 5.69 Å². The van der Waals surface area contributed by atoms with Gasteiger partial charge in [-0.1, -0.05) is 24.3 Å². The molecule has 5 heteroatoms. The van der Waals surface area contributed by atoms with E-state index in [2.05, 4.69) is 10.2 Å². The number of benzene rings is 1. The summed E-state index contributed by atoms with van der Waals surface area (Å²) < 4.78 is 0. The number of H-pyrrole nitrogens is 1. The lowest BCUT2D eigenvalue weighted by Gasteiger charge is -2.13. The number of carbonyl (C=O) groups excluding carboxylic acids is 1. The van der Waals surface area contributed by atoms with Crippen LogP contribution < -0.4 is 5.73 Å². The van der Waals surface area contributed by atoms with Crippen LogP contribution in [0, 0.1) is 6.92 Å². The Labute approximate surface area is 105 Å². The molecule has 2 heterocycles. The Hall–Kier alpha value is -2.30. The van der Waals surface area contributed by atoms with E-state index < -0.39 is 0 Å². The van der Waals surface area contributed by atoms with Crippen LogP contribution in [0.1, 0.15) is 27.3 Å². The first-order chi connectivity index (χ1) is 8.66. The van der Waals surface area contributed by atoms with Crippen molar-refractivity contribution in [3.8, 4) is 0 Å². The van der Waals surface area contributed by atoms with Crippen LogP contribution in [-0.2, 0) is 13.1 Å². The molecule has 1 aliphatic rings.